The summed E-state index contributed by atoms with van der Waals surface area (Å²) >= 11 is 3.41. The van der Waals surface area contributed by atoms with Crippen LogP contribution in [0, 0.1) is 11.3 Å². The highest BCUT2D eigenvalue weighted by Gasteiger charge is 2.04. The van der Waals surface area contributed by atoms with E-state index in [0.717, 1.165) is 26.8 Å². The van der Waals surface area contributed by atoms with Crippen molar-refractivity contribution in [3.8, 4) is 6.07 Å². The van der Waals surface area contributed by atoms with Crippen LogP contribution in [0.5, 0.6) is 0 Å². The van der Waals surface area contributed by atoms with E-state index in [2.05, 4.69) is 32.3 Å². The van der Waals surface area contributed by atoms with Gasteiger partial charge in [0.15, 0.2) is 0 Å². The van der Waals surface area contributed by atoms with Gasteiger partial charge < -0.3 is 5.32 Å². The molecule has 96 valence electrons. The van der Waals surface area contributed by atoms with Crippen LogP contribution in [-0.2, 0) is 0 Å². The molecule has 0 bridgehead atoms. The molecule has 0 aliphatic rings. The van der Waals surface area contributed by atoms with E-state index in [1.807, 2.05) is 42.5 Å². The molecule has 0 spiro atoms. The molecular weight excluding hydrogens is 314 g/mol. The number of pyridine rings is 1. The molecular formula is C16H10BrN3. The Balaban J connectivity index is 2.06. The van der Waals surface area contributed by atoms with E-state index < -0.39 is 0 Å². The smallest absolute Gasteiger partial charge is 0.0992 e. The summed E-state index contributed by atoms with van der Waals surface area (Å²) in [5.41, 5.74) is 3.29. The second-order valence-electron chi connectivity index (χ2n) is 4.35. The Morgan fingerprint density at radius 1 is 1.10 bits per heavy atom. The first-order valence-corrected chi connectivity index (χ1v) is 6.87. The minimum absolute atomic E-state index is 0.607. The summed E-state index contributed by atoms with van der Waals surface area (Å²) in [7, 11) is 0. The van der Waals surface area contributed by atoms with Crippen molar-refractivity contribution in [2.75, 3.05) is 5.32 Å². The fourth-order valence-corrected chi connectivity index (χ4v) is 2.58. The topological polar surface area (TPSA) is 48.7 Å². The van der Waals surface area contributed by atoms with Crippen molar-refractivity contribution in [1.82, 2.24) is 4.98 Å². The predicted molar refractivity (Wildman–Crippen MR) is 83.9 cm³/mol. The highest BCUT2D eigenvalue weighted by Crippen LogP contribution is 2.27. The molecule has 4 heteroatoms. The minimum Gasteiger partial charge on any atom is -0.354 e. The number of nitrogens with one attached hydrogen (secondary N) is 1. The first-order chi connectivity index (χ1) is 9.76. The summed E-state index contributed by atoms with van der Waals surface area (Å²) in [5, 5.41) is 13.4. The molecule has 0 unspecified atom stereocenters. The van der Waals surface area contributed by atoms with Gasteiger partial charge in [0.1, 0.15) is 0 Å². The lowest BCUT2D eigenvalue weighted by Crippen LogP contribution is -1.93. The number of hydrogen-bond donors (Lipinski definition) is 1. The van der Waals surface area contributed by atoms with Crippen LogP contribution in [-0.4, -0.2) is 4.98 Å². The summed E-state index contributed by atoms with van der Waals surface area (Å²) in [6.45, 7) is 0. The first kappa shape index (κ1) is 12.6. The summed E-state index contributed by atoms with van der Waals surface area (Å²) in [6.07, 6.45) is 1.77. The number of rotatable bonds is 2. The average molecular weight is 324 g/mol. The first-order valence-electron chi connectivity index (χ1n) is 6.08. The van der Waals surface area contributed by atoms with Gasteiger partial charge in [0.05, 0.1) is 22.8 Å². The largest absolute Gasteiger partial charge is 0.354 e. The second kappa shape index (κ2) is 5.32. The number of nitrogens with zero attached hydrogens (tertiary/aromatic N) is 2. The van der Waals surface area contributed by atoms with E-state index >= 15 is 0 Å². The molecule has 3 rings (SSSR count). The number of hydrogen-bond acceptors (Lipinski definition) is 3. The molecule has 0 amide bonds. The van der Waals surface area contributed by atoms with Crippen LogP contribution in [0.25, 0.3) is 10.9 Å². The van der Waals surface area contributed by atoms with E-state index in [1.165, 1.54) is 0 Å². The van der Waals surface area contributed by atoms with Gasteiger partial charge in [-0.3, -0.25) is 4.98 Å². The Kier molecular flexibility index (Phi) is 3.36. The maximum Gasteiger partial charge on any atom is 0.0992 e. The summed E-state index contributed by atoms with van der Waals surface area (Å²) in [6, 6.07) is 17.6. The lowest BCUT2D eigenvalue weighted by Gasteiger charge is -2.09. The Bertz CT molecular complexity index is 816. The van der Waals surface area contributed by atoms with Gasteiger partial charge in [-0.05, 0) is 30.3 Å². The maximum atomic E-state index is 9.01. The maximum absolute atomic E-state index is 9.01. The molecule has 0 aliphatic carbocycles. The predicted octanol–water partition coefficient (Wildman–Crippen LogP) is 4.61. The Hall–Kier alpha value is -2.38. The van der Waals surface area contributed by atoms with Gasteiger partial charge in [-0.25, -0.2) is 0 Å². The van der Waals surface area contributed by atoms with Crippen molar-refractivity contribution in [3.63, 3.8) is 0 Å². The van der Waals surface area contributed by atoms with Crippen LogP contribution >= 0.6 is 15.9 Å². The van der Waals surface area contributed by atoms with Crippen molar-refractivity contribution in [1.29, 1.82) is 5.26 Å². The Labute approximate surface area is 125 Å². The van der Waals surface area contributed by atoms with Crippen LogP contribution < -0.4 is 5.32 Å². The van der Waals surface area contributed by atoms with Crippen LogP contribution in [0.3, 0.4) is 0 Å². The molecule has 20 heavy (non-hydrogen) atoms. The van der Waals surface area contributed by atoms with E-state index in [1.54, 1.807) is 12.3 Å². The molecule has 1 heterocycles. The number of para-hydroxylation sites is 1. The third-order valence-electron chi connectivity index (χ3n) is 2.94. The lowest BCUT2D eigenvalue weighted by molar-refractivity contribution is 1.40. The zero-order chi connectivity index (χ0) is 13.9. The van der Waals surface area contributed by atoms with Gasteiger partial charge in [0.25, 0.3) is 0 Å². The van der Waals surface area contributed by atoms with Crippen LogP contribution in [0.4, 0.5) is 11.4 Å². The van der Waals surface area contributed by atoms with Crippen molar-refractivity contribution < 1.29 is 0 Å². The van der Waals surface area contributed by atoms with Gasteiger partial charge in [-0.2, -0.15) is 5.26 Å². The normalized spacial score (nSPS) is 10.2. The molecule has 3 aromatic rings. The number of aromatic nitrogens is 1. The van der Waals surface area contributed by atoms with E-state index in [0.29, 0.717) is 5.56 Å². The van der Waals surface area contributed by atoms with Crippen LogP contribution in [0.15, 0.2) is 59.2 Å². The number of fused-ring (bicyclic) bond motifs is 1. The van der Waals surface area contributed by atoms with Gasteiger partial charge in [0.2, 0.25) is 0 Å². The van der Waals surface area contributed by atoms with Gasteiger partial charge >= 0.3 is 0 Å². The van der Waals surface area contributed by atoms with Gasteiger partial charge in [-0.15, -0.1) is 0 Å². The molecule has 0 saturated heterocycles. The van der Waals surface area contributed by atoms with Crippen molar-refractivity contribution in [3.05, 3.63) is 64.8 Å². The molecule has 0 fully saturated rings. The molecule has 0 aliphatic heterocycles. The quantitative estimate of drug-likeness (QED) is 0.749. The molecule has 0 saturated carbocycles. The third kappa shape index (κ3) is 2.49. The standard InChI is InChI=1S/C16H10BrN3/c17-13-7-11(10-18)8-14(9-13)20-15-5-1-3-12-4-2-6-19-16(12)15/h1-9,20H. The fraction of sp³-hybridized carbons (Fsp3) is 0. The number of anilines is 2. The summed E-state index contributed by atoms with van der Waals surface area (Å²) in [4.78, 5) is 4.40. The van der Waals surface area contributed by atoms with E-state index in [4.69, 9.17) is 5.26 Å². The number of halogens is 1. The lowest BCUT2D eigenvalue weighted by atomic mass is 10.1. The third-order valence-corrected chi connectivity index (χ3v) is 3.40. The molecule has 0 atom stereocenters. The zero-order valence-electron chi connectivity index (χ0n) is 10.5. The summed E-state index contributed by atoms with van der Waals surface area (Å²) < 4.78 is 0.868. The van der Waals surface area contributed by atoms with E-state index in [-0.39, 0.29) is 0 Å². The second-order valence-corrected chi connectivity index (χ2v) is 5.26. The minimum atomic E-state index is 0.607. The van der Waals surface area contributed by atoms with Crippen molar-refractivity contribution in [2.45, 2.75) is 0 Å². The van der Waals surface area contributed by atoms with Crippen LogP contribution in [0.1, 0.15) is 5.56 Å². The van der Waals surface area contributed by atoms with Crippen molar-refractivity contribution in [2.24, 2.45) is 0 Å². The molecule has 0 radical (unpaired) electrons. The highest BCUT2D eigenvalue weighted by molar-refractivity contribution is 9.10. The van der Waals surface area contributed by atoms with E-state index in [9.17, 15) is 0 Å². The van der Waals surface area contributed by atoms with Gasteiger partial charge in [-0.1, -0.05) is 34.1 Å². The number of benzene rings is 2. The number of nitriles is 1. The average Bonchev–Trinajstić information content (AvgIpc) is 2.47. The molecule has 2 aromatic carbocycles. The molecule has 1 aromatic heterocycles. The SMILES string of the molecule is N#Cc1cc(Br)cc(Nc2cccc3cccnc23)c1. The van der Waals surface area contributed by atoms with Gasteiger partial charge in [0, 0.05) is 21.7 Å². The summed E-state index contributed by atoms with van der Waals surface area (Å²) in [5.74, 6) is 0. The van der Waals surface area contributed by atoms with Crippen molar-refractivity contribution >= 4 is 38.2 Å². The zero-order valence-corrected chi connectivity index (χ0v) is 12.1. The highest BCUT2D eigenvalue weighted by atomic mass is 79.9. The monoisotopic (exact) mass is 323 g/mol. The molecule has 3 nitrogen and oxygen atoms in total. The molecule has 1 N–H and O–H groups in total. The Morgan fingerprint density at radius 2 is 1.95 bits per heavy atom. The van der Waals surface area contributed by atoms with Crippen LogP contribution in [0.2, 0.25) is 0 Å². The Morgan fingerprint density at radius 3 is 2.80 bits per heavy atom. The fourth-order valence-electron chi connectivity index (χ4n) is 2.09.